The van der Waals surface area contributed by atoms with Gasteiger partial charge in [-0.3, -0.25) is 4.79 Å². The minimum absolute atomic E-state index is 0.263. The van der Waals surface area contributed by atoms with E-state index in [1.807, 2.05) is 37.3 Å². The van der Waals surface area contributed by atoms with Crippen molar-refractivity contribution in [3.05, 3.63) is 47.5 Å². The second kappa shape index (κ2) is 5.45. The van der Waals surface area contributed by atoms with Crippen LogP contribution in [0.5, 0.6) is 0 Å². The van der Waals surface area contributed by atoms with Crippen LogP contribution >= 0.6 is 0 Å². The van der Waals surface area contributed by atoms with Gasteiger partial charge in [-0.2, -0.15) is 0 Å². The van der Waals surface area contributed by atoms with E-state index in [-0.39, 0.29) is 5.97 Å². The van der Waals surface area contributed by atoms with Gasteiger partial charge >= 0.3 is 5.97 Å². The third kappa shape index (κ3) is 2.19. The Morgan fingerprint density at radius 1 is 1.35 bits per heavy atom. The first-order valence-corrected chi connectivity index (χ1v) is 6.94. The summed E-state index contributed by atoms with van der Waals surface area (Å²) in [5.74, 6) is 0.906. The fraction of sp³-hybridized carbons (Fsp3) is 0.400. The molecule has 0 aliphatic carbocycles. The lowest BCUT2D eigenvalue weighted by Gasteiger charge is -2.15. The Labute approximate surface area is 117 Å². The second-order valence-electron chi connectivity index (χ2n) is 4.83. The molecule has 1 atom stereocenters. The Morgan fingerprint density at radius 3 is 2.90 bits per heavy atom. The fourth-order valence-corrected chi connectivity index (χ4v) is 2.65. The summed E-state index contributed by atoms with van der Waals surface area (Å²) < 4.78 is 7.27. The number of nitrogens with zero attached hydrogens (tertiary/aromatic N) is 3. The number of fused-ring (bicyclic) bond motifs is 1. The Hall–Kier alpha value is -2.17. The van der Waals surface area contributed by atoms with E-state index in [9.17, 15) is 4.79 Å². The van der Waals surface area contributed by atoms with Crippen molar-refractivity contribution in [2.75, 3.05) is 6.61 Å². The molecule has 2 heterocycles. The summed E-state index contributed by atoms with van der Waals surface area (Å²) in [6, 6.07) is 9.63. The van der Waals surface area contributed by atoms with Crippen molar-refractivity contribution in [2.45, 2.75) is 32.2 Å². The van der Waals surface area contributed by atoms with Gasteiger partial charge in [0, 0.05) is 13.0 Å². The Kier molecular flexibility index (Phi) is 3.50. The van der Waals surface area contributed by atoms with Crippen molar-refractivity contribution < 1.29 is 9.53 Å². The Bertz CT molecular complexity index is 607. The number of aryl methyl sites for hydroxylation is 1. The van der Waals surface area contributed by atoms with Crippen LogP contribution in [0.2, 0.25) is 0 Å². The van der Waals surface area contributed by atoms with Gasteiger partial charge in [0.25, 0.3) is 0 Å². The molecule has 1 aliphatic heterocycles. The molecular weight excluding hydrogens is 254 g/mol. The van der Waals surface area contributed by atoms with Gasteiger partial charge < -0.3 is 9.30 Å². The van der Waals surface area contributed by atoms with Gasteiger partial charge in [-0.1, -0.05) is 30.3 Å². The zero-order valence-electron chi connectivity index (χ0n) is 11.5. The highest BCUT2D eigenvalue weighted by Crippen LogP contribution is 2.27. The number of benzene rings is 1. The maximum Gasteiger partial charge on any atom is 0.321 e. The van der Waals surface area contributed by atoms with Crippen molar-refractivity contribution in [3.63, 3.8) is 0 Å². The van der Waals surface area contributed by atoms with E-state index in [1.165, 1.54) is 0 Å². The molecule has 0 spiro atoms. The van der Waals surface area contributed by atoms with E-state index in [0.29, 0.717) is 12.4 Å². The van der Waals surface area contributed by atoms with Crippen molar-refractivity contribution in [2.24, 2.45) is 0 Å². The van der Waals surface area contributed by atoms with Gasteiger partial charge in [0.05, 0.1) is 6.61 Å². The molecule has 2 aromatic rings. The van der Waals surface area contributed by atoms with E-state index in [4.69, 9.17) is 4.74 Å². The number of aromatic nitrogens is 3. The molecule has 0 saturated heterocycles. The molecule has 1 aliphatic rings. The monoisotopic (exact) mass is 271 g/mol. The molecule has 104 valence electrons. The molecule has 1 aromatic heterocycles. The highest BCUT2D eigenvalue weighted by Gasteiger charge is 2.31. The quantitative estimate of drug-likeness (QED) is 0.797. The van der Waals surface area contributed by atoms with Gasteiger partial charge in [0.15, 0.2) is 5.82 Å². The van der Waals surface area contributed by atoms with Crippen molar-refractivity contribution in [1.29, 1.82) is 0 Å². The van der Waals surface area contributed by atoms with E-state index in [2.05, 4.69) is 14.8 Å². The Morgan fingerprint density at radius 2 is 2.15 bits per heavy atom. The van der Waals surface area contributed by atoms with Crippen LogP contribution < -0.4 is 0 Å². The maximum atomic E-state index is 12.3. The van der Waals surface area contributed by atoms with Gasteiger partial charge in [0.1, 0.15) is 11.7 Å². The van der Waals surface area contributed by atoms with Gasteiger partial charge in [-0.05, 0) is 18.9 Å². The summed E-state index contributed by atoms with van der Waals surface area (Å²) in [6.07, 6.45) is 1.99. The van der Waals surface area contributed by atoms with Crippen LogP contribution in [0.25, 0.3) is 0 Å². The normalized spacial score (nSPS) is 14.8. The van der Waals surface area contributed by atoms with Gasteiger partial charge in [-0.25, -0.2) is 0 Å². The van der Waals surface area contributed by atoms with Crippen LogP contribution in [0.1, 0.15) is 36.5 Å². The number of hydrogen-bond acceptors (Lipinski definition) is 4. The summed E-state index contributed by atoms with van der Waals surface area (Å²) in [7, 11) is 0. The standard InChI is InChI=1S/C15H17N3O2/c1-2-20-15(19)13(11-7-4-3-5-8-11)14-17-16-12-9-6-10-18(12)14/h3-5,7-8,13H,2,6,9-10H2,1H3. The van der Waals surface area contributed by atoms with E-state index in [0.717, 1.165) is 30.8 Å². The minimum Gasteiger partial charge on any atom is -0.465 e. The first-order valence-electron chi connectivity index (χ1n) is 6.94. The lowest BCUT2D eigenvalue weighted by atomic mass is 9.98. The summed E-state index contributed by atoms with van der Waals surface area (Å²) in [4.78, 5) is 12.3. The lowest BCUT2D eigenvalue weighted by molar-refractivity contribution is -0.144. The first-order chi connectivity index (χ1) is 9.81. The molecule has 20 heavy (non-hydrogen) atoms. The van der Waals surface area contributed by atoms with E-state index in [1.54, 1.807) is 0 Å². The van der Waals surface area contributed by atoms with Crippen LogP contribution in [-0.4, -0.2) is 27.3 Å². The second-order valence-corrected chi connectivity index (χ2v) is 4.83. The smallest absolute Gasteiger partial charge is 0.321 e. The molecule has 5 heteroatoms. The first kappa shape index (κ1) is 12.8. The molecule has 0 amide bonds. The number of carbonyl (C=O) groups excluding carboxylic acids is 1. The zero-order valence-corrected chi connectivity index (χ0v) is 11.5. The number of rotatable bonds is 4. The van der Waals surface area contributed by atoms with Crippen molar-refractivity contribution in [1.82, 2.24) is 14.8 Å². The number of hydrogen-bond donors (Lipinski definition) is 0. The van der Waals surface area contributed by atoms with Crippen LogP contribution in [0, 0.1) is 0 Å². The average Bonchev–Trinajstić information content (AvgIpc) is 3.05. The van der Waals surface area contributed by atoms with Crippen LogP contribution in [0.15, 0.2) is 30.3 Å². The largest absolute Gasteiger partial charge is 0.465 e. The molecule has 3 rings (SSSR count). The van der Waals surface area contributed by atoms with Crippen LogP contribution in [0.3, 0.4) is 0 Å². The van der Waals surface area contributed by atoms with E-state index >= 15 is 0 Å². The summed E-state index contributed by atoms with van der Waals surface area (Å²) in [5.41, 5.74) is 0.896. The topological polar surface area (TPSA) is 57.0 Å². The lowest BCUT2D eigenvalue weighted by Crippen LogP contribution is -2.21. The average molecular weight is 271 g/mol. The molecular formula is C15H17N3O2. The predicted octanol–water partition coefficient (Wildman–Crippen LogP) is 1.92. The highest BCUT2D eigenvalue weighted by atomic mass is 16.5. The highest BCUT2D eigenvalue weighted by molar-refractivity contribution is 5.81. The molecule has 0 bridgehead atoms. The minimum atomic E-state index is -0.490. The van der Waals surface area contributed by atoms with Crippen molar-refractivity contribution in [3.8, 4) is 0 Å². The molecule has 0 N–H and O–H groups in total. The van der Waals surface area contributed by atoms with E-state index < -0.39 is 5.92 Å². The van der Waals surface area contributed by atoms with Crippen LogP contribution in [0.4, 0.5) is 0 Å². The van der Waals surface area contributed by atoms with Gasteiger partial charge in [0.2, 0.25) is 0 Å². The molecule has 0 radical (unpaired) electrons. The van der Waals surface area contributed by atoms with Gasteiger partial charge in [-0.15, -0.1) is 10.2 Å². The number of carbonyl (C=O) groups is 1. The maximum absolute atomic E-state index is 12.3. The third-order valence-electron chi connectivity index (χ3n) is 3.55. The number of ether oxygens (including phenoxy) is 1. The Balaban J connectivity index is 2.03. The molecule has 1 aromatic carbocycles. The SMILES string of the molecule is CCOC(=O)C(c1ccccc1)c1nnc2n1CCC2. The third-order valence-corrected chi connectivity index (χ3v) is 3.55. The molecule has 0 saturated carbocycles. The molecule has 1 unspecified atom stereocenters. The predicted molar refractivity (Wildman–Crippen MR) is 73.3 cm³/mol. The molecule has 0 fully saturated rings. The molecule has 5 nitrogen and oxygen atoms in total. The zero-order chi connectivity index (χ0) is 13.9. The summed E-state index contributed by atoms with van der Waals surface area (Å²) in [6.45, 7) is 3.05. The summed E-state index contributed by atoms with van der Waals surface area (Å²) in [5, 5.41) is 8.42. The summed E-state index contributed by atoms with van der Waals surface area (Å²) >= 11 is 0. The number of esters is 1. The van der Waals surface area contributed by atoms with Crippen LogP contribution in [-0.2, 0) is 22.5 Å². The fourth-order valence-electron chi connectivity index (χ4n) is 2.65. The van der Waals surface area contributed by atoms with Crippen molar-refractivity contribution >= 4 is 5.97 Å².